The third kappa shape index (κ3) is 3.70. The van der Waals surface area contributed by atoms with Crippen molar-refractivity contribution in [2.45, 2.75) is 26.3 Å². The lowest BCUT2D eigenvalue weighted by atomic mass is 10.2. The molecule has 2 rings (SSSR count). The van der Waals surface area contributed by atoms with Crippen molar-refractivity contribution in [1.82, 2.24) is 9.97 Å². The molecule has 2 heterocycles. The summed E-state index contributed by atoms with van der Waals surface area (Å²) < 4.78 is 5.34. The van der Waals surface area contributed by atoms with Crippen molar-refractivity contribution >= 4 is 17.2 Å². The minimum Gasteiger partial charge on any atom is -0.478 e. The van der Waals surface area contributed by atoms with Gasteiger partial charge in [0.25, 0.3) is 0 Å². The fourth-order valence-corrected chi connectivity index (χ4v) is 2.51. The number of ether oxygens (including phenoxy) is 1. The highest BCUT2D eigenvalue weighted by Crippen LogP contribution is 2.15. The van der Waals surface area contributed by atoms with Crippen molar-refractivity contribution in [3.63, 3.8) is 0 Å². The van der Waals surface area contributed by atoms with Crippen LogP contribution in [0.3, 0.4) is 0 Å². The van der Waals surface area contributed by atoms with E-state index in [9.17, 15) is 0 Å². The molecular formula is C13H17N3OS. The number of rotatable bonds is 6. The topological polar surface area (TPSA) is 47.0 Å². The van der Waals surface area contributed by atoms with Crippen LogP contribution < -0.4 is 10.1 Å². The fraction of sp³-hybridized carbons (Fsp3) is 0.385. The van der Waals surface area contributed by atoms with Crippen LogP contribution >= 0.6 is 11.3 Å². The molecule has 18 heavy (non-hydrogen) atoms. The number of thiophene rings is 1. The van der Waals surface area contributed by atoms with Gasteiger partial charge in [-0.15, -0.1) is 11.3 Å². The summed E-state index contributed by atoms with van der Waals surface area (Å²) in [6.45, 7) is 4.69. The normalized spacial score (nSPS) is 12.1. The molecule has 0 saturated heterocycles. The molecule has 1 atom stereocenters. The molecule has 4 nitrogen and oxygen atoms in total. The predicted octanol–water partition coefficient (Wildman–Crippen LogP) is 2.98. The molecule has 1 N–H and O–H groups in total. The number of anilines is 1. The lowest BCUT2D eigenvalue weighted by Gasteiger charge is -2.13. The van der Waals surface area contributed by atoms with Crippen LogP contribution in [-0.4, -0.2) is 22.6 Å². The summed E-state index contributed by atoms with van der Waals surface area (Å²) in [5.74, 6) is 1.41. The Morgan fingerprint density at radius 3 is 3.06 bits per heavy atom. The molecule has 0 aliphatic heterocycles. The third-order valence-corrected chi connectivity index (χ3v) is 3.31. The van der Waals surface area contributed by atoms with Gasteiger partial charge in [0.2, 0.25) is 5.88 Å². The maximum atomic E-state index is 5.34. The van der Waals surface area contributed by atoms with Gasteiger partial charge in [-0.25, -0.2) is 9.97 Å². The summed E-state index contributed by atoms with van der Waals surface area (Å²) in [7, 11) is 0. The van der Waals surface area contributed by atoms with E-state index >= 15 is 0 Å². The first-order chi connectivity index (χ1) is 8.78. The Morgan fingerprint density at radius 1 is 1.44 bits per heavy atom. The maximum absolute atomic E-state index is 5.34. The van der Waals surface area contributed by atoms with Gasteiger partial charge in [-0.1, -0.05) is 6.07 Å². The zero-order chi connectivity index (χ0) is 12.8. The molecule has 5 heteroatoms. The average Bonchev–Trinajstić information content (AvgIpc) is 2.82. The monoisotopic (exact) mass is 263 g/mol. The molecular weight excluding hydrogens is 246 g/mol. The fourth-order valence-electron chi connectivity index (χ4n) is 1.68. The zero-order valence-corrected chi connectivity index (χ0v) is 11.4. The smallest absolute Gasteiger partial charge is 0.218 e. The summed E-state index contributed by atoms with van der Waals surface area (Å²) >= 11 is 1.78. The van der Waals surface area contributed by atoms with Crippen LogP contribution in [-0.2, 0) is 6.42 Å². The molecule has 0 spiro atoms. The van der Waals surface area contributed by atoms with Gasteiger partial charge >= 0.3 is 0 Å². The Hall–Kier alpha value is -1.62. The predicted molar refractivity (Wildman–Crippen MR) is 74.3 cm³/mol. The molecule has 0 saturated carbocycles. The largest absolute Gasteiger partial charge is 0.478 e. The first kappa shape index (κ1) is 12.8. The quantitative estimate of drug-likeness (QED) is 0.870. The van der Waals surface area contributed by atoms with Crippen LogP contribution in [0.1, 0.15) is 18.7 Å². The van der Waals surface area contributed by atoms with Crippen molar-refractivity contribution in [3.8, 4) is 5.88 Å². The lowest BCUT2D eigenvalue weighted by molar-refractivity contribution is 0.326. The van der Waals surface area contributed by atoms with E-state index < -0.39 is 0 Å². The van der Waals surface area contributed by atoms with E-state index in [-0.39, 0.29) is 0 Å². The number of aromatic nitrogens is 2. The van der Waals surface area contributed by atoms with Crippen LogP contribution in [0, 0.1) is 0 Å². The lowest BCUT2D eigenvalue weighted by Crippen LogP contribution is -2.18. The Kier molecular flexibility index (Phi) is 4.52. The van der Waals surface area contributed by atoms with E-state index in [1.165, 1.54) is 11.2 Å². The minimum atomic E-state index is 0.327. The molecule has 96 valence electrons. The van der Waals surface area contributed by atoms with Crippen LogP contribution in [0.5, 0.6) is 5.88 Å². The number of hydrogen-bond acceptors (Lipinski definition) is 5. The van der Waals surface area contributed by atoms with E-state index in [2.05, 4.69) is 39.7 Å². The first-order valence-corrected chi connectivity index (χ1v) is 6.89. The van der Waals surface area contributed by atoms with Gasteiger partial charge in [-0.3, -0.25) is 0 Å². The molecule has 0 aliphatic carbocycles. The standard InChI is InChI=1S/C13H17N3OS/c1-3-17-13-8-12(14-9-15-13)16-10(2)7-11-5-4-6-18-11/h4-6,8-10H,3,7H2,1-2H3,(H,14,15,16). The number of nitrogens with zero attached hydrogens (tertiary/aromatic N) is 2. The van der Waals surface area contributed by atoms with Gasteiger partial charge in [0.05, 0.1) is 6.61 Å². The van der Waals surface area contributed by atoms with E-state index in [1.54, 1.807) is 11.3 Å². The average molecular weight is 263 g/mol. The van der Waals surface area contributed by atoms with Gasteiger partial charge in [-0.05, 0) is 25.3 Å². The van der Waals surface area contributed by atoms with Crippen LogP contribution in [0.2, 0.25) is 0 Å². The van der Waals surface area contributed by atoms with Crippen molar-refractivity contribution in [1.29, 1.82) is 0 Å². The van der Waals surface area contributed by atoms with Crippen molar-refractivity contribution in [3.05, 3.63) is 34.8 Å². The molecule has 0 radical (unpaired) electrons. The minimum absolute atomic E-state index is 0.327. The molecule has 0 bridgehead atoms. The van der Waals surface area contributed by atoms with E-state index in [0.29, 0.717) is 18.5 Å². The second-order valence-corrected chi connectivity index (χ2v) is 5.04. The van der Waals surface area contributed by atoms with Crippen LogP contribution in [0.25, 0.3) is 0 Å². The van der Waals surface area contributed by atoms with Crippen LogP contribution in [0.4, 0.5) is 5.82 Å². The van der Waals surface area contributed by atoms with Gasteiger partial charge in [0.15, 0.2) is 0 Å². The molecule has 0 amide bonds. The van der Waals surface area contributed by atoms with Gasteiger partial charge < -0.3 is 10.1 Å². The van der Waals surface area contributed by atoms with Crippen molar-refractivity contribution in [2.75, 3.05) is 11.9 Å². The van der Waals surface area contributed by atoms with Crippen molar-refractivity contribution < 1.29 is 4.74 Å². The van der Waals surface area contributed by atoms with E-state index in [0.717, 1.165) is 12.2 Å². The zero-order valence-electron chi connectivity index (χ0n) is 10.6. The summed E-state index contributed by atoms with van der Waals surface area (Å²) in [5.41, 5.74) is 0. The highest BCUT2D eigenvalue weighted by Gasteiger charge is 2.06. The van der Waals surface area contributed by atoms with Gasteiger partial charge in [0.1, 0.15) is 12.1 Å². The van der Waals surface area contributed by atoms with E-state index in [4.69, 9.17) is 4.74 Å². The Morgan fingerprint density at radius 2 is 2.33 bits per heavy atom. The number of hydrogen-bond donors (Lipinski definition) is 1. The van der Waals surface area contributed by atoms with Crippen molar-refractivity contribution in [2.24, 2.45) is 0 Å². The second kappa shape index (κ2) is 6.35. The molecule has 2 aromatic heterocycles. The van der Waals surface area contributed by atoms with Gasteiger partial charge in [0, 0.05) is 23.4 Å². The molecule has 0 aliphatic rings. The SMILES string of the molecule is CCOc1cc(NC(C)Cc2cccs2)ncn1. The number of nitrogens with one attached hydrogen (secondary N) is 1. The Balaban J connectivity index is 1.93. The third-order valence-electron chi connectivity index (χ3n) is 2.42. The Bertz CT molecular complexity index is 473. The highest BCUT2D eigenvalue weighted by atomic mass is 32.1. The molecule has 1 unspecified atom stereocenters. The summed E-state index contributed by atoms with van der Waals surface area (Å²) in [5, 5.41) is 5.45. The molecule has 0 aromatic carbocycles. The summed E-state index contributed by atoms with van der Waals surface area (Å²) in [6.07, 6.45) is 2.51. The molecule has 0 fully saturated rings. The second-order valence-electron chi connectivity index (χ2n) is 4.00. The first-order valence-electron chi connectivity index (χ1n) is 6.01. The summed E-state index contributed by atoms with van der Waals surface area (Å²) in [4.78, 5) is 9.60. The highest BCUT2D eigenvalue weighted by molar-refractivity contribution is 7.09. The Labute approximate surface area is 111 Å². The van der Waals surface area contributed by atoms with E-state index in [1.807, 2.05) is 13.0 Å². The maximum Gasteiger partial charge on any atom is 0.218 e. The molecule has 2 aromatic rings. The van der Waals surface area contributed by atoms with Crippen LogP contribution in [0.15, 0.2) is 29.9 Å². The van der Waals surface area contributed by atoms with Gasteiger partial charge in [-0.2, -0.15) is 0 Å². The summed E-state index contributed by atoms with van der Waals surface area (Å²) in [6, 6.07) is 6.38.